The van der Waals surface area contributed by atoms with E-state index in [1.54, 1.807) is 11.3 Å². The van der Waals surface area contributed by atoms with E-state index in [0.29, 0.717) is 10.0 Å². The van der Waals surface area contributed by atoms with Crippen LogP contribution < -0.4 is 5.32 Å². The standard InChI is InChI=1S/C13H14Cl2N2S/c1-8-7-18-13(17-8)9(2)16-6-10-3-4-11(14)12(15)5-10/h3-5,7,9,16H,6H2,1-2H3. The summed E-state index contributed by atoms with van der Waals surface area (Å²) < 4.78 is 0. The Morgan fingerprint density at radius 3 is 2.72 bits per heavy atom. The van der Waals surface area contributed by atoms with Crippen LogP contribution in [-0.2, 0) is 6.54 Å². The van der Waals surface area contributed by atoms with E-state index in [4.69, 9.17) is 23.2 Å². The zero-order valence-electron chi connectivity index (χ0n) is 10.2. The minimum absolute atomic E-state index is 0.234. The highest BCUT2D eigenvalue weighted by Crippen LogP contribution is 2.23. The summed E-state index contributed by atoms with van der Waals surface area (Å²) >= 11 is 13.5. The third-order valence-electron chi connectivity index (χ3n) is 2.60. The summed E-state index contributed by atoms with van der Waals surface area (Å²) in [5.74, 6) is 0. The third kappa shape index (κ3) is 3.45. The van der Waals surface area contributed by atoms with Crippen LogP contribution >= 0.6 is 34.5 Å². The Labute approximate surface area is 121 Å². The molecule has 0 bridgehead atoms. The maximum atomic E-state index is 5.98. The molecule has 18 heavy (non-hydrogen) atoms. The lowest BCUT2D eigenvalue weighted by Gasteiger charge is -2.11. The van der Waals surface area contributed by atoms with Crippen molar-refractivity contribution >= 4 is 34.5 Å². The number of hydrogen-bond acceptors (Lipinski definition) is 3. The molecule has 0 saturated carbocycles. The first kappa shape index (κ1) is 13.8. The van der Waals surface area contributed by atoms with Gasteiger partial charge in [-0.2, -0.15) is 0 Å². The van der Waals surface area contributed by atoms with Crippen LogP contribution in [0, 0.1) is 6.92 Å². The van der Waals surface area contributed by atoms with Gasteiger partial charge in [0.2, 0.25) is 0 Å². The van der Waals surface area contributed by atoms with Gasteiger partial charge in [-0.3, -0.25) is 0 Å². The van der Waals surface area contributed by atoms with E-state index in [1.165, 1.54) is 0 Å². The summed E-state index contributed by atoms with van der Waals surface area (Å²) in [6.45, 7) is 4.86. The van der Waals surface area contributed by atoms with Gasteiger partial charge in [0, 0.05) is 17.6 Å². The van der Waals surface area contributed by atoms with Gasteiger partial charge in [0.25, 0.3) is 0 Å². The van der Waals surface area contributed by atoms with Gasteiger partial charge in [0.05, 0.1) is 16.1 Å². The summed E-state index contributed by atoms with van der Waals surface area (Å²) in [7, 11) is 0. The molecule has 1 aromatic heterocycles. The molecule has 1 atom stereocenters. The summed E-state index contributed by atoms with van der Waals surface area (Å²) in [6, 6.07) is 5.91. The van der Waals surface area contributed by atoms with Crippen molar-refractivity contribution < 1.29 is 0 Å². The van der Waals surface area contributed by atoms with E-state index in [0.717, 1.165) is 22.8 Å². The highest BCUT2D eigenvalue weighted by Gasteiger charge is 2.09. The first-order valence-corrected chi connectivity index (χ1v) is 7.29. The van der Waals surface area contributed by atoms with Crippen molar-refractivity contribution in [3.05, 3.63) is 49.9 Å². The second-order valence-electron chi connectivity index (χ2n) is 4.18. The number of aromatic nitrogens is 1. The third-order valence-corrected chi connectivity index (χ3v) is 4.49. The molecule has 1 aromatic carbocycles. The van der Waals surface area contributed by atoms with Gasteiger partial charge in [0.15, 0.2) is 0 Å². The van der Waals surface area contributed by atoms with E-state index in [-0.39, 0.29) is 6.04 Å². The number of nitrogens with zero attached hydrogens (tertiary/aromatic N) is 1. The molecule has 0 aliphatic rings. The zero-order chi connectivity index (χ0) is 13.1. The molecule has 2 nitrogen and oxygen atoms in total. The Balaban J connectivity index is 1.97. The Kier molecular flexibility index (Phi) is 4.62. The normalized spacial score (nSPS) is 12.7. The van der Waals surface area contributed by atoms with E-state index < -0.39 is 0 Å². The number of hydrogen-bond donors (Lipinski definition) is 1. The quantitative estimate of drug-likeness (QED) is 0.892. The van der Waals surface area contributed by atoms with Crippen LogP contribution in [0.3, 0.4) is 0 Å². The van der Waals surface area contributed by atoms with Crippen molar-refractivity contribution in [2.45, 2.75) is 26.4 Å². The number of aryl methyl sites for hydroxylation is 1. The van der Waals surface area contributed by atoms with Crippen molar-refractivity contribution in [2.24, 2.45) is 0 Å². The molecule has 0 spiro atoms. The number of nitrogens with one attached hydrogen (secondary N) is 1. The Hall–Kier alpha value is -0.610. The fourth-order valence-corrected chi connectivity index (χ4v) is 2.73. The molecule has 1 heterocycles. The second-order valence-corrected chi connectivity index (χ2v) is 5.88. The van der Waals surface area contributed by atoms with Crippen molar-refractivity contribution in [3.63, 3.8) is 0 Å². The first-order chi connectivity index (χ1) is 8.56. The predicted molar refractivity (Wildman–Crippen MR) is 78.6 cm³/mol. The molecular weight excluding hydrogens is 287 g/mol. The van der Waals surface area contributed by atoms with Crippen LogP contribution in [0.5, 0.6) is 0 Å². The Bertz CT molecular complexity index is 540. The lowest BCUT2D eigenvalue weighted by Crippen LogP contribution is -2.17. The molecule has 0 amide bonds. The lowest BCUT2D eigenvalue weighted by atomic mass is 10.2. The van der Waals surface area contributed by atoms with E-state index in [9.17, 15) is 0 Å². The molecule has 1 N–H and O–H groups in total. The SMILES string of the molecule is Cc1csc(C(C)NCc2ccc(Cl)c(Cl)c2)n1. The van der Waals surface area contributed by atoms with Gasteiger partial charge < -0.3 is 5.32 Å². The number of halogens is 2. The maximum absolute atomic E-state index is 5.98. The largest absolute Gasteiger partial charge is 0.304 e. The van der Waals surface area contributed by atoms with E-state index in [1.807, 2.05) is 25.1 Å². The topological polar surface area (TPSA) is 24.9 Å². The molecule has 2 aromatic rings. The van der Waals surface area contributed by atoms with Crippen LogP contribution in [0.2, 0.25) is 10.0 Å². The molecular formula is C13H14Cl2N2S. The van der Waals surface area contributed by atoms with Gasteiger partial charge in [0.1, 0.15) is 5.01 Å². The molecule has 96 valence electrons. The monoisotopic (exact) mass is 300 g/mol. The van der Waals surface area contributed by atoms with Gasteiger partial charge in [-0.25, -0.2) is 4.98 Å². The van der Waals surface area contributed by atoms with Crippen molar-refractivity contribution in [1.29, 1.82) is 0 Å². The predicted octanol–water partition coefficient (Wildman–Crippen LogP) is 4.61. The van der Waals surface area contributed by atoms with Crippen molar-refractivity contribution in [2.75, 3.05) is 0 Å². The van der Waals surface area contributed by atoms with Gasteiger partial charge in [-0.1, -0.05) is 29.3 Å². The van der Waals surface area contributed by atoms with E-state index >= 15 is 0 Å². The average Bonchev–Trinajstić information content (AvgIpc) is 2.77. The Morgan fingerprint density at radius 2 is 2.11 bits per heavy atom. The summed E-state index contributed by atoms with van der Waals surface area (Å²) in [6.07, 6.45) is 0. The molecule has 2 rings (SSSR count). The Morgan fingerprint density at radius 1 is 1.33 bits per heavy atom. The average molecular weight is 301 g/mol. The van der Waals surface area contributed by atoms with Crippen LogP contribution in [0.1, 0.15) is 29.2 Å². The molecule has 0 fully saturated rings. The van der Waals surface area contributed by atoms with Crippen molar-refractivity contribution in [1.82, 2.24) is 10.3 Å². The van der Waals surface area contributed by atoms with Gasteiger partial charge >= 0.3 is 0 Å². The number of benzene rings is 1. The summed E-state index contributed by atoms with van der Waals surface area (Å²) in [5.41, 5.74) is 2.18. The maximum Gasteiger partial charge on any atom is 0.110 e. The molecule has 1 unspecified atom stereocenters. The molecule has 0 saturated heterocycles. The van der Waals surface area contributed by atoms with Crippen LogP contribution in [0.15, 0.2) is 23.6 Å². The van der Waals surface area contributed by atoms with Crippen molar-refractivity contribution in [3.8, 4) is 0 Å². The first-order valence-electron chi connectivity index (χ1n) is 5.65. The fraction of sp³-hybridized carbons (Fsp3) is 0.308. The van der Waals surface area contributed by atoms with Gasteiger partial charge in [-0.15, -0.1) is 11.3 Å². The van der Waals surface area contributed by atoms with Crippen LogP contribution in [0.25, 0.3) is 0 Å². The second kappa shape index (κ2) is 6.02. The lowest BCUT2D eigenvalue weighted by molar-refractivity contribution is 0.571. The molecule has 0 radical (unpaired) electrons. The number of rotatable bonds is 4. The number of thiazole rings is 1. The molecule has 0 aliphatic heterocycles. The minimum atomic E-state index is 0.234. The fourth-order valence-electron chi connectivity index (χ4n) is 1.58. The molecule has 0 aliphatic carbocycles. The van der Waals surface area contributed by atoms with Crippen LogP contribution in [-0.4, -0.2) is 4.98 Å². The highest BCUT2D eigenvalue weighted by atomic mass is 35.5. The van der Waals surface area contributed by atoms with E-state index in [2.05, 4.69) is 22.6 Å². The minimum Gasteiger partial charge on any atom is -0.304 e. The van der Waals surface area contributed by atoms with Crippen LogP contribution in [0.4, 0.5) is 0 Å². The highest BCUT2D eigenvalue weighted by molar-refractivity contribution is 7.09. The summed E-state index contributed by atoms with van der Waals surface area (Å²) in [4.78, 5) is 4.46. The summed E-state index contributed by atoms with van der Waals surface area (Å²) in [5, 5.41) is 7.77. The zero-order valence-corrected chi connectivity index (χ0v) is 12.5. The smallest absolute Gasteiger partial charge is 0.110 e. The molecule has 5 heteroatoms. The van der Waals surface area contributed by atoms with Gasteiger partial charge in [-0.05, 0) is 31.5 Å².